The van der Waals surface area contributed by atoms with E-state index in [1.165, 1.54) is 12.5 Å². The summed E-state index contributed by atoms with van der Waals surface area (Å²) in [6.07, 6.45) is 0. The van der Waals surface area contributed by atoms with E-state index in [0.29, 0.717) is 5.75 Å². The lowest BCUT2D eigenvalue weighted by atomic mass is 9.85. The van der Waals surface area contributed by atoms with Crippen molar-refractivity contribution in [2.75, 3.05) is 0 Å². The number of rotatable bonds is 1. The molecule has 0 fully saturated rings. The van der Waals surface area contributed by atoms with Crippen LogP contribution in [-0.4, -0.2) is 5.97 Å². The molecule has 0 spiro atoms. The Labute approximate surface area is 91.3 Å². The van der Waals surface area contributed by atoms with Gasteiger partial charge in [-0.3, -0.25) is 4.79 Å². The Morgan fingerprint density at radius 3 is 2.33 bits per heavy atom. The minimum atomic E-state index is -0.274. The van der Waals surface area contributed by atoms with E-state index in [0.717, 1.165) is 5.56 Å². The molecule has 82 valence electrons. The van der Waals surface area contributed by atoms with E-state index < -0.39 is 0 Å². The summed E-state index contributed by atoms with van der Waals surface area (Å²) in [6, 6.07) is 5.88. The molecular formula is C13H18O2. The van der Waals surface area contributed by atoms with Crippen molar-refractivity contribution in [3.63, 3.8) is 0 Å². The fourth-order valence-corrected chi connectivity index (χ4v) is 1.47. The molecule has 0 amide bonds. The van der Waals surface area contributed by atoms with E-state index in [2.05, 4.69) is 26.8 Å². The third-order valence-corrected chi connectivity index (χ3v) is 2.20. The number of hydrogen-bond donors (Lipinski definition) is 0. The van der Waals surface area contributed by atoms with Crippen LogP contribution in [-0.2, 0) is 10.2 Å². The van der Waals surface area contributed by atoms with Gasteiger partial charge in [-0.15, -0.1) is 0 Å². The van der Waals surface area contributed by atoms with Crippen LogP contribution in [0.3, 0.4) is 0 Å². The monoisotopic (exact) mass is 206 g/mol. The maximum absolute atomic E-state index is 11.0. The molecule has 0 aliphatic heterocycles. The van der Waals surface area contributed by atoms with Crippen LogP contribution in [0, 0.1) is 6.92 Å². The maximum Gasteiger partial charge on any atom is 0.308 e. The van der Waals surface area contributed by atoms with E-state index in [-0.39, 0.29) is 11.4 Å². The van der Waals surface area contributed by atoms with Gasteiger partial charge in [0.15, 0.2) is 0 Å². The summed E-state index contributed by atoms with van der Waals surface area (Å²) >= 11 is 0. The van der Waals surface area contributed by atoms with Crippen LogP contribution >= 0.6 is 0 Å². The Kier molecular flexibility index (Phi) is 3.18. The third kappa shape index (κ3) is 3.08. The van der Waals surface area contributed by atoms with Gasteiger partial charge in [-0.05, 0) is 18.4 Å². The van der Waals surface area contributed by atoms with Crippen molar-refractivity contribution < 1.29 is 9.53 Å². The molecule has 0 N–H and O–H groups in total. The van der Waals surface area contributed by atoms with Crippen LogP contribution in [0.15, 0.2) is 18.2 Å². The van der Waals surface area contributed by atoms with Crippen molar-refractivity contribution in [2.24, 2.45) is 0 Å². The van der Waals surface area contributed by atoms with Crippen LogP contribution in [0.2, 0.25) is 0 Å². The second-order valence-corrected chi connectivity index (χ2v) is 4.84. The highest BCUT2D eigenvalue weighted by molar-refractivity contribution is 5.70. The fraction of sp³-hybridized carbons (Fsp3) is 0.462. The zero-order chi connectivity index (χ0) is 11.6. The minimum absolute atomic E-state index is 0.0171. The van der Waals surface area contributed by atoms with Gasteiger partial charge < -0.3 is 4.74 Å². The summed E-state index contributed by atoms with van der Waals surface area (Å²) in [6.45, 7) is 9.78. The Hall–Kier alpha value is -1.31. The van der Waals surface area contributed by atoms with Crippen molar-refractivity contribution in [3.05, 3.63) is 29.3 Å². The lowest BCUT2D eigenvalue weighted by Gasteiger charge is -2.22. The number of carbonyl (C=O) groups excluding carboxylic acids is 1. The van der Waals surface area contributed by atoms with Crippen molar-refractivity contribution in [1.29, 1.82) is 0 Å². The van der Waals surface area contributed by atoms with Crippen LogP contribution in [0.1, 0.15) is 38.8 Å². The number of aryl methyl sites for hydroxylation is 1. The zero-order valence-electron chi connectivity index (χ0n) is 10.0. The summed E-state index contributed by atoms with van der Waals surface area (Å²) < 4.78 is 5.19. The van der Waals surface area contributed by atoms with Gasteiger partial charge in [0, 0.05) is 12.5 Å². The zero-order valence-corrected chi connectivity index (χ0v) is 10.0. The second kappa shape index (κ2) is 4.05. The SMILES string of the molecule is CC(=O)Oc1ccc(C)cc1C(C)(C)C. The van der Waals surface area contributed by atoms with Gasteiger partial charge in [-0.25, -0.2) is 0 Å². The molecule has 0 saturated heterocycles. The first kappa shape index (κ1) is 11.8. The van der Waals surface area contributed by atoms with Crippen molar-refractivity contribution >= 4 is 5.97 Å². The molecular weight excluding hydrogens is 188 g/mol. The van der Waals surface area contributed by atoms with Crippen molar-refractivity contribution in [1.82, 2.24) is 0 Å². The van der Waals surface area contributed by atoms with Crippen LogP contribution in [0.5, 0.6) is 5.75 Å². The number of ether oxygens (including phenoxy) is 1. The molecule has 0 aliphatic carbocycles. The van der Waals surface area contributed by atoms with E-state index in [1.807, 2.05) is 19.1 Å². The minimum Gasteiger partial charge on any atom is -0.426 e. The standard InChI is InChI=1S/C13H18O2/c1-9-6-7-12(15-10(2)14)11(8-9)13(3,4)5/h6-8H,1-5H3. The summed E-state index contributed by atoms with van der Waals surface area (Å²) in [4.78, 5) is 11.0. The Balaban J connectivity index is 3.20. The molecule has 1 aromatic rings. The largest absolute Gasteiger partial charge is 0.426 e. The average molecular weight is 206 g/mol. The predicted molar refractivity (Wildman–Crippen MR) is 61.2 cm³/mol. The van der Waals surface area contributed by atoms with Gasteiger partial charge in [-0.2, -0.15) is 0 Å². The maximum atomic E-state index is 11.0. The highest BCUT2D eigenvalue weighted by Gasteiger charge is 2.19. The molecule has 2 heteroatoms. The first-order valence-electron chi connectivity index (χ1n) is 5.10. The molecule has 0 bridgehead atoms. The molecule has 1 aromatic carbocycles. The summed E-state index contributed by atoms with van der Waals surface area (Å²) in [5.74, 6) is 0.393. The van der Waals surface area contributed by atoms with Gasteiger partial charge >= 0.3 is 5.97 Å². The number of carbonyl (C=O) groups is 1. The highest BCUT2D eigenvalue weighted by atomic mass is 16.5. The molecule has 0 atom stereocenters. The first-order valence-corrected chi connectivity index (χ1v) is 5.10. The number of esters is 1. The molecule has 0 radical (unpaired) electrons. The van der Waals surface area contributed by atoms with Gasteiger partial charge in [0.2, 0.25) is 0 Å². The Morgan fingerprint density at radius 1 is 1.27 bits per heavy atom. The second-order valence-electron chi connectivity index (χ2n) is 4.84. The van der Waals surface area contributed by atoms with Gasteiger partial charge in [0.25, 0.3) is 0 Å². The molecule has 0 aromatic heterocycles. The summed E-state index contributed by atoms with van der Waals surface area (Å²) in [5, 5.41) is 0. The average Bonchev–Trinajstić information content (AvgIpc) is 2.05. The van der Waals surface area contributed by atoms with Gasteiger partial charge in [-0.1, -0.05) is 38.5 Å². The van der Waals surface area contributed by atoms with Crippen LogP contribution in [0.4, 0.5) is 0 Å². The van der Waals surface area contributed by atoms with Crippen molar-refractivity contribution in [3.8, 4) is 5.75 Å². The van der Waals surface area contributed by atoms with Gasteiger partial charge in [0.05, 0.1) is 0 Å². The smallest absolute Gasteiger partial charge is 0.308 e. The highest BCUT2D eigenvalue weighted by Crippen LogP contribution is 2.32. The lowest BCUT2D eigenvalue weighted by molar-refractivity contribution is -0.131. The molecule has 0 saturated carbocycles. The van der Waals surface area contributed by atoms with E-state index in [9.17, 15) is 4.79 Å². The quantitative estimate of drug-likeness (QED) is 0.521. The van der Waals surface area contributed by atoms with E-state index in [1.54, 1.807) is 0 Å². The van der Waals surface area contributed by atoms with Crippen LogP contribution in [0.25, 0.3) is 0 Å². The molecule has 0 aliphatic rings. The number of hydrogen-bond acceptors (Lipinski definition) is 2. The third-order valence-electron chi connectivity index (χ3n) is 2.20. The normalized spacial score (nSPS) is 11.3. The molecule has 0 unspecified atom stereocenters. The molecule has 15 heavy (non-hydrogen) atoms. The first-order chi connectivity index (χ1) is 6.80. The van der Waals surface area contributed by atoms with Crippen LogP contribution < -0.4 is 4.74 Å². The van der Waals surface area contributed by atoms with Crippen molar-refractivity contribution in [2.45, 2.75) is 40.0 Å². The van der Waals surface area contributed by atoms with Gasteiger partial charge in [0.1, 0.15) is 5.75 Å². The predicted octanol–water partition coefficient (Wildman–Crippen LogP) is 3.22. The summed E-state index contributed by atoms with van der Waals surface area (Å²) in [5.41, 5.74) is 2.23. The molecule has 1 rings (SSSR count). The summed E-state index contributed by atoms with van der Waals surface area (Å²) in [7, 11) is 0. The lowest BCUT2D eigenvalue weighted by Crippen LogP contribution is -2.15. The molecule has 2 nitrogen and oxygen atoms in total. The fourth-order valence-electron chi connectivity index (χ4n) is 1.47. The number of benzene rings is 1. The molecule has 0 heterocycles. The van der Waals surface area contributed by atoms with E-state index in [4.69, 9.17) is 4.74 Å². The topological polar surface area (TPSA) is 26.3 Å². The Morgan fingerprint density at radius 2 is 1.87 bits per heavy atom. The Bertz CT molecular complexity index is 373. The van der Waals surface area contributed by atoms with E-state index >= 15 is 0 Å².